The van der Waals surface area contributed by atoms with Crippen LogP contribution in [-0.4, -0.2) is 29.7 Å². The molecule has 1 heterocycles. The molecule has 0 radical (unpaired) electrons. The molecule has 1 aromatic rings. The molecular formula is C13H23NO2. The largest absolute Gasteiger partial charge is 0.465 e. The monoisotopic (exact) mass is 225 g/mol. The Labute approximate surface area is 98.1 Å². The highest BCUT2D eigenvalue weighted by Gasteiger charge is 2.07. The third kappa shape index (κ3) is 4.81. The molecule has 1 rings (SSSR count). The van der Waals surface area contributed by atoms with Gasteiger partial charge in [0.25, 0.3) is 0 Å². The first kappa shape index (κ1) is 13.3. The number of rotatable bonds is 8. The molecule has 0 aliphatic carbocycles. The van der Waals surface area contributed by atoms with Crippen LogP contribution >= 0.6 is 0 Å². The van der Waals surface area contributed by atoms with Gasteiger partial charge in [0, 0.05) is 6.54 Å². The molecule has 0 aliphatic heterocycles. The van der Waals surface area contributed by atoms with E-state index < -0.39 is 0 Å². The molecular weight excluding hydrogens is 202 g/mol. The van der Waals surface area contributed by atoms with E-state index in [4.69, 9.17) is 9.52 Å². The molecule has 0 aliphatic rings. The minimum absolute atomic E-state index is 0.214. The Morgan fingerprint density at radius 1 is 1.25 bits per heavy atom. The summed E-state index contributed by atoms with van der Waals surface area (Å²) in [6.45, 7) is 6.94. The minimum atomic E-state index is 0.214. The normalized spacial score (nSPS) is 11.2. The summed E-state index contributed by atoms with van der Waals surface area (Å²) in [4.78, 5) is 2.24. The van der Waals surface area contributed by atoms with E-state index in [1.165, 1.54) is 19.3 Å². The minimum Gasteiger partial charge on any atom is -0.465 e. The average molecular weight is 225 g/mol. The number of aliphatic hydroxyl groups excluding tert-OH is 1. The second kappa shape index (κ2) is 7.47. The van der Waals surface area contributed by atoms with Crippen molar-refractivity contribution >= 4 is 0 Å². The molecule has 0 saturated carbocycles. The van der Waals surface area contributed by atoms with Crippen molar-refractivity contribution in [3.63, 3.8) is 0 Å². The second-order valence-electron chi connectivity index (χ2n) is 4.22. The van der Waals surface area contributed by atoms with Gasteiger partial charge in [-0.3, -0.25) is 4.90 Å². The third-order valence-electron chi connectivity index (χ3n) is 2.67. The van der Waals surface area contributed by atoms with Crippen LogP contribution in [-0.2, 0) is 6.54 Å². The fourth-order valence-electron chi connectivity index (χ4n) is 1.79. The average Bonchev–Trinajstić information content (AvgIpc) is 2.65. The van der Waals surface area contributed by atoms with Gasteiger partial charge in [-0.05, 0) is 32.0 Å². The van der Waals surface area contributed by atoms with E-state index >= 15 is 0 Å². The van der Waals surface area contributed by atoms with E-state index in [1.54, 1.807) is 0 Å². The van der Waals surface area contributed by atoms with Crippen LogP contribution in [0.2, 0.25) is 0 Å². The van der Waals surface area contributed by atoms with Crippen LogP contribution in [0.5, 0.6) is 0 Å². The van der Waals surface area contributed by atoms with Crippen molar-refractivity contribution in [1.29, 1.82) is 0 Å². The molecule has 0 fully saturated rings. The van der Waals surface area contributed by atoms with Crippen molar-refractivity contribution in [3.8, 4) is 0 Å². The number of aliphatic hydroxyl groups is 1. The lowest BCUT2D eigenvalue weighted by Crippen LogP contribution is -2.27. The van der Waals surface area contributed by atoms with E-state index in [2.05, 4.69) is 11.8 Å². The Balaban J connectivity index is 2.37. The van der Waals surface area contributed by atoms with E-state index in [9.17, 15) is 0 Å². The highest BCUT2D eigenvalue weighted by molar-refractivity contribution is 5.05. The smallest absolute Gasteiger partial charge is 0.118 e. The molecule has 16 heavy (non-hydrogen) atoms. The van der Waals surface area contributed by atoms with Gasteiger partial charge in [0.2, 0.25) is 0 Å². The van der Waals surface area contributed by atoms with Crippen LogP contribution in [0.1, 0.15) is 37.7 Å². The van der Waals surface area contributed by atoms with Gasteiger partial charge >= 0.3 is 0 Å². The first-order chi connectivity index (χ1) is 7.76. The number of hydrogen-bond donors (Lipinski definition) is 1. The lowest BCUT2D eigenvalue weighted by atomic mass is 10.2. The van der Waals surface area contributed by atoms with Crippen LogP contribution in [0.3, 0.4) is 0 Å². The summed E-state index contributed by atoms with van der Waals surface area (Å²) in [5.74, 6) is 1.94. The molecule has 0 spiro atoms. The fourth-order valence-corrected chi connectivity index (χ4v) is 1.79. The molecule has 1 N–H and O–H groups in total. The Morgan fingerprint density at radius 3 is 2.62 bits per heavy atom. The Morgan fingerprint density at radius 2 is 2.06 bits per heavy atom. The zero-order valence-corrected chi connectivity index (χ0v) is 10.4. The van der Waals surface area contributed by atoms with E-state index in [1.807, 2.05) is 19.1 Å². The summed E-state index contributed by atoms with van der Waals surface area (Å²) in [6, 6.07) is 4.00. The van der Waals surface area contributed by atoms with E-state index in [0.29, 0.717) is 0 Å². The predicted octanol–water partition coefficient (Wildman–Crippen LogP) is 2.57. The molecule has 3 nitrogen and oxygen atoms in total. The van der Waals surface area contributed by atoms with Gasteiger partial charge in [0.15, 0.2) is 0 Å². The fraction of sp³-hybridized carbons (Fsp3) is 0.692. The summed E-state index contributed by atoms with van der Waals surface area (Å²) in [5.41, 5.74) is 0. The van der Waals surface area contributed by atoms with Gasteiger partial charge < -0.3 is 9.52 Å². The van der Waals surface area contributed by atoms with Crippen molar-refractivity contribution in [2.45, 2.75) is 39.7 Å². The lowest BCUT2D eigenvalue weighted by molar-refractivity contribution is 0.178. The van der Waals surface area contributed by atoms with Crippen molar-refractivity contribution < 1.29 is 9.52 Å². The maximum absolute atomic E-state index is 9.00. The van der Waals surface area contributed by atoms with Gasteiger partial charge in [-0.2, -0.15) is 0 Å². The SMILES string of the molecule is CCCCCN(CCO)Cc1ccc(C)o1. The number of hydrogen-bond acceptors (Lipinski definition) is 3. The first-order valence-electron chi connectivity index (χ1n) is 6.14. The van der Waals surface area contributed by atoms with Crippen LogP contribution in [0.25, 0.3) is 0 Å². The topological polar surface area (TPSA) is 36.6 Å². The molecule has 92 valence electrons. The Kier molecular flexibility index (Phi) is 6.19. The van der Waals surface area contributed by atoms with Crippen molar-refractivity contribution in [1.82, 2.24) is 4.90 Å². The van der Waals surface area contributed by atoms with Gasteiger partial charge in [-0.1, -0.05) is 19.8 Å². The second-order valence-corrected chi connectivity index (χ2v) is 4.22. The molecule has 0 saturated heterocycles. The molecule has 0 aromatic carbocycles. The number of nitrogens with zero attached hydrogens (tertiary/aromatic N) is 1. The zero-order valence-electron chi connectivity index (χ0n) is 10.4. The van der Waals surface area contributed by atoms with Gasteiger partial charge in [-0.15, -0.1) is 0 Å². The predicted molar refractivity (Wildman–Crippen MR) is 65.3 cm³/mol. The number of furan rings is 1. The van der Waals surface area contributed by atoms with Crippen LogP contribution in [0, 0.1) is 6.92 Å². The van der Waals surface area contributed by atoms with E-state index in [0.717, 1.165) is 31.2 Å². The first-order valence-corrected chi connectivity index (χ1v) is 6.14. The maximum atomic E-state index is 9.00. The molecule has 1 aromatic heterocycles. The summed E-state index contributed by atoms with van der Waals surface area (Å²) in [6.07, 6.45) is 3.67. The molecule has 3 heteroatoms. The van der Waals surface area contributed by atoms with Crippen LogP contribution in [0.4, 0.5) is 0 Å². The van der Waals surface area contributed by atoms with Crippen molar-refractivity contribution in [3.05, 3.63) is 23.7 Å². The molecule has 0 atom stereocenters. The highest BCUT2D eigenvalue weighted by Crippen LogP contribution is 2.10. The van der Waals surface area contributed by atoms with Gasteiger partial charge in [0.05, 0.1) is 13.2 Å². The third-order valence-corrected chi connectivity index (χ3v) is 2.67. The highest BCUT2D eigenvalue weighted by atomic mass is 16.3. The van der Waals surface area contributed by atoms with Crippen molar-refractivity contribution in [2.75, 3.05) is 19.7 Å². The van der Waals surface area contributed by atoms with Crippen molar-refractivity contribution in [2.24, 2.45) is 0 Å². The number of unbranched alkanes of at least 4 members (excludes halogenated alkanes) is 2. The summed E-state index contributed by atoms with van der Waals surface area (Å²) >= 11 is 0. The summed E-state index contributed by atoms with van der Waals surface area (Å²) < 4.78 is 5.54. The quantitative estimate of drug-likeness (QED) is 0.691. The van der Waals surface area contributed by atoms with E-state index in [-0.39, 0.29) is 6.61 Å². The van der Waals surface area contributed by atoms with Crippen LogP contribution in [0.15, 0.2) is 16.5 Å². The summed E-state index contributed by atoms with van der Waals surface area (Å²) in [7, 11) is 0. The van der Waals surface area contributed by atoms with Crippen LogP contribution < -0.4 is 0 Å². The van der Waals surface area contributed by atoms with Gasteiger partial charge in [0.1, 0.15) is 11.5 Å². The zero-order chi connectivity index (χ0) is 11.8. The Hall–Kier alpha value is -0.800. The maximum Gasteiger partial charge on any atom is 0.118 e. The Bertz CT molecular complexity index is 283. The molecule has 0 amide bonds. The standard InChI is InChI=1S/C13H23NO2/c1-3-4-5-8-14(9-10-15)11-13-7-6-12(2)16-13/h6-7,15H,3-5,8-11H2,1-2H3. The summed E-state index contributed by atoms with van der Waals surface area (Å²) in [5, 5.41) is 9.00. The molecule has 0 bridgehead atoms. The molecule has 0 unspecified atom stereocenters. The number of aryl methyl sites for hydroxylation is 1. The lowest BCUT2D eigenvalue weighted by Gasteiger charge is -2.19. The van der Waals surface area contributed by atoms with Gasteiger partial charge in [-0.25, -0.2) is 0 Å².